The van der Waals surface area contributed by atoms with Gasteiger partial charge in [0.25, 0.3) is 0 Å². The summed E-state index contributed by atoms with van der Waals surface area (Å²) in [6.07, 6.45) is 0. The molecule has 0 N–H and O–H groups in total. The Morgan fingerprint density at radius 3 is 2.40 bits per heavy atom. The van der Waals surface area contributed by atoms with Crippen LogP contribution in [0.25, 0.3) is 0 Å². The first-order valence-electron chi connectivity index (χ1n) is 3.05. The molecule has 0 saturated carbocycles. The fourth-order valence-electron chi connectivity index (χ4n) is 0.803. The van der Waals surface area contributed by atoms with Gasteiger partial charge in [-0.05, 0) is 25.5 Å². The van der Waals surface area contributed by atoms with E-state index in [1.165, 1.54) is 0 Å². The van der Waals surface area contributed by atoms with E-state index in [-0.39, 0.29) is 5.75 Å². The van der Waals surface area contributed by atoms with Crippen LogP contribution in [0.1, 0.15) is 11.1 Å². The lowest BCUT2D eigenvalue weighted by Crippen LogP contribution is -1.96. The van der Waals surface area contributed by atoms with E-state index in [1.807, 2.05) is 0 Å². The number of benzene rings is 1. The van der Waals surface area contributed by atoms with E-state index >= 15 is 0 Å². The van der Waals surface area contributed by atoms with Gasteiger partial charge in [-0.3, -0.25) is 0 Å². The smallest absolute Gasteiger partial charge is 0.0429 e. The first-order valence-corrected chi connectivity index (χ1v) is 3.43. The number of rotatable bonds is 0. The highest BCUT2D eigenvalue weighted by Crippen LogP contribution is 2.24. The Balaban J connectivity index is 3.34. The standard InChI is InChI=1S/C8H9ClO/c1-5-3-4-7(9)6(2)8(5)10/h3-4,10H,1-2H3/p-1. The minimum Gasteiger partial charge on any atom is -0.872 e. The fourth-order valence-corrected chi connectivity index (χ4v) is 0.952. The second-order valence-corrected chi connectivity index (χ2v) is 2.73. The van der Waals surface area contributed by atoms with Gasteiger partial charge in [-0.25, -0.2) is 0 Å². The lowest BCUT2D eigenvalue weighted by atomic mass is 10.1. The summed E-state index contributed by atoms with van der Waals surface area (Å²) >= 11 is 5.69. The molecule has 1 aromatic rings. The SMILES string of the molecule is Cc1ccc(Cl)c(C)c1[O-]. The lowest BCUT2D eigenvalue weighted by molar-refractivity contribution is -0.270. The van der Waals surface area contributed by atoms with Crippen LogP contribution < -0.4 is 5.11 Å². The molecule has 0 aromatic heterocycles. The molecule has 0 aliphatic heterocycles. The first kappa shape index (κ1) is 7.42. The largest absolute Gasteiger partial charge is 0.872 e. The Kier molecular flexibility index (Phi) is 1.86. The molecule has 0 aliphatic rings. The maximum absolute atomic E-state index is 11.1. The maximum Gasteiger partial charge on any atom is 0.0429 e. The molecule has 0 saturated heterocycles. The number of hydrogen-bond donors (Lipinski definition) is 0. The highest BCUT2D eigenvalue weighted by molar-refractivity contribution is 6.31. The summed E-state index contributed by atoms with van der Waals surface area (Å²) in [5.74, 6) is 0.0486. The highest BCUT2D eigenvalue weighted by atomic mass is 35.5. The Labute approximate surface area is 65.3 Å². The molecule has 1 aromatic carbocycles. The summed E-state index contributed by atoms with van der Waals surface area (Å²) in [5, 5.41) is 11.7. The van der Waals surface area contributed by atoms with Crippen molar-refractivity contribution in [3.05, 3.63) is 28.3 Å². The van der Waals surface area contributed by atoms with Crippen LogP contribution in [0.15, 0.2) is 12.1 Å². The Morgan fingerprint density at radius 1 is 1.30 bits per heavy atom. The molecule has 0 heterocycles. The third-order valence-electron chi connectivity index (χ3n) is 1.54. The van der Waals surface area contributed by atoms with Crippen molar-refractivity contribution in [2.24, 2.45) is 0 Å². The zero-order chi connectivity index (χ0) is 7.72. The second kappa shape index (κ2) is 2.51. The van der Waals surface area contributed by atoms with Gasteiger partial charge in [0.05, 0.1) is 0 Å². The molecular formula is C8H8ClO-. The minimum atomic E-state index is 0.0486. The molecule has 0 amide bonds. The minimum absolute atomic E-state index is 0.0486. The Bertz CT molecular complexity index is 229. The summed E-state index contributed by atoms with van der Waals surface area (Å²) in [5.41, 5.74) is 1.39. The van der Waals surface area contributed by atoms with Crippen molar-refractivity contribution in [1.82, 2.24) is 0 Å². The molecule has 0 aliphatic carbocycles. The Morgan fingerprint density at radius 2 is 1.90 bits per heavy atom. The predicted molar refractivity (Wildman–Crippen MR) is 40.4 cm³/mol. The quantitative estimate of drug-likeness (QED) is 0.562. The molecule has 10 heavy (non-hydrogen) atoms. The molecule has 0 unspecified atom stereocenters. The maximum atomic E-state index is 11.1. The van der Waals surface area contributed by atoms with Crippen molar-refractivity contribution in [1.29, 1.82) is 0 Å². The van der Waals surface area contributed by atoms with Gasteiger partial charge >= 0.3 is 0 Å². The molecular weight excluding hydrogens is 148 g/mol. The third kappa shape index (κ3) is 1.09. The molecule has 0 atom stereocenters. The zero-order valence-electron chi connectivity index (χ0n) is 5.94. The number of aryl methyl sites for hydroxylation is 1. The van der Waals surface area contributed by atoms with Crippen LogP contribution in [-0.4, -0.2) is 0 Å². The lowest BCUT2D eigenvalue weighted by Gasteiger charge is -2.14. The van der Waals surface area contributed by atoms with Crippen LogP contribution in [0.5, 0.6) is 5.75 Å². The summed E-state index contributed by atoms with van der Waals surface area (Å²) < 4.78 is 0. The fraction of sp³-hybridized carbons (Fsp3) is 0.250. The van der Waals surface area contributed by atoms with E-state index < -0.39 is 0 Å². The van der Waals surface area contributed by atoms with Crippen LogP contribution in [0, 0.1) is 13.8 Å². The van der Waals surface area contributed by atoms with Crippen molar-refractivity contribution in [2.45, 2.75) is 13.8 Å². The van der Waals surface area contributed by atoms with E-state index in [0.717, 1.165) is 5.56 Å². The monoisotopic (exact) mass is 155 g/mol. The highest BCUT2D eigenvalue weighted by Gasteiger charge is 1.95. The third-order valence-corrected chi connectivity index (χ3v) is 1.95. The molecule has 0 spiro atoms. The molecule has 0 fully saturated rings. The molecule has 0 radical (unpaired) electrons. The average Bonchev–Trinajstić information content (AvgIpc) is 1.93. The average molecular weight is 156 g/mol. The normalized spacial score (nSPS) is 9.90. The topological polar surface area (TPSA) is 23.1 Å². The van der Waals surface area contributed by atoms with Gasteiger partial charge in [0.15, 0.2) is 0 Å². The number of hydrogen-bond acceptors (Lipinski definition) is 1. The van der Waals surface area contributed by atoms with Crippen LogP contribution in [0.2, 0.25) is 5.02 Å². The van der Waals surface area contributed by atoms with Crippen molar-refractivity contribution in [3.63, 3.8) is 0 Å². The summed E-state index contributed by atoms with van der Waals surface area (Å²) in [6.45, 7) is 3.52. The van der Waals surface area contributed by atoms with Crippen molar-refractivity contribution in [3.8, 4) is 5.75 Å². The van der Waals surface area contributed by atoms with E-state index in [1.54, 1.807) is 26.0 Å². The van der Waals surface area contributed by atoms with Gasteiger partial charge in [0.2, 0.25) is 0 Å². The van der Waals surface area contributed by atoms with Gasteiger partial charge in [0, 0.05) is 5.02 Å². The molecule has 1 rings (SSSR count). The van der Waals surface area contributed by atoms with E-state index in [0.29, 0.717) is 10.6 Å². The van der Waals surface area contributed by atoms with E-state index in [9.17, 15) is 5.11 Å². The van der Waals surface area contributed by atoms with Crippen LogP contribution in [0.3, 0.4) is 0 Å². The molecule has 0 bridgehead atoms. The zero-order valence-corrected chi connectivity index (χ0v) is 6.70. The van der Waals surface area contributed by atoms with Gasteiger partial charge in [-0.15, -0.1) is 5.75 Å². The molecule has 54 valence electrons. The summed E-state index contributed by atoms with van der Waals surface area (Å²) in [7, 11) is 0. The second-order valence-electron chi connectivity index (χ2n) is 2.32. The van der Waals surface area contributed by atoms with E-state index in [2.05, 4.69) is 0 Å². The van der Waals surface area contributed by atoms with Gasteiger partial charge in [0.1, 0.15) is 0 Å². The van der Waals surface area contributed by atoms with Crippen LogP contribution in [0.4, 0.5) is 0 Å². The van der Waals surface area contributed by atoms with Gasteiger partial charge in [-0.1, -0.05) is 23.2 Å². The summed E-state index contributed by atoms with van der Waals surface area (Å²) in [6, 6.07) is 3.48. The van der Waals surface area contributed by atoms with Crippen LogP contribution in [-0.2, 0) is 0 Å². The van der Waals surface area contributed by atoms with Crippen molar-refractivity contribution < 1.29 is 5.11 Å². The van der Waals surface area contributed by atoms with Gasteiger partial charge in [-0.2, -0.15) is 0 Å². The first-order chi connectivity index (χ1) is 4.63. The van der Waals surface area contributed by atoms with Crippen LogP contribution >= 0.6 is 11.6 Å². The predicted octanol–water partition coefficient (Wildman–Crippen LogP) is 2.03. The van der Waals surface area contributed by atoms with Crippen molar-refractivity contribution >= 4 is 11.6 Å². The molecule has 1 nitrogen and oxygen atoms in total. The van der Waals surface area contributed by atoms with Gasteiger partial charge < -0.3 is 5.11 Å². The summed E-state index contributed by atoms with van der Waals surface area (Å²) in [4.78, 5) is 0. The molecule has 2 heteroatoms. The van der Waals surface area contributed by atoms with E-state index in [4.69, 9.17) is 11.6 Å². The van der Waals surface area contributed by atoms with Crippen molar-refractivity contribution in [2.75, 3.05) is 0 Å². The Hall–Kier alpha value is -0.690. The number of halogens is 1.